The van der Waals surface area contributed by atoms with E-state index in [0.717, 1.165) is 6.04 Å². The topological polar surface area (TPSA) is 29.3 Å². The Bertz CT molecular complexity index is 191. The maximum absolute atomic E-state index is 6.38. The molecule has 0 aliphatic heterocycles. The van der Waals surface area contributed by atoms with E-state index in [0.29, 0.717) is 0 Å². The molecule has 2 aliphatic carbocycles. The second-order valence-electron chi connectivity index (χ2n) is 5.74. The lowest BCUT2D eigenvalue weighted by Crippen LogP contribution is -2.41. The third-order valence-electron chi connectivity index (χ3n) is 4.51. The summed E-state index contributed by atoms with van der Waals surface area (Å²) in [5, 5.41) is 0. The Kier molecular flexibility index (Phi) is 3.68. The minimum absolute atomic E-state index is 0.187. The van der Waals surface area contributed by atoms with Crippen LogP contribution in [0.1, 0.15) is 57.8 Å². The van der Waals surface area contributed by atoms with Gasteiger partial charge in [-0.25, -0.2) is 0 Å². The van der Waals surface area contributed by atoms with Crippen LogP contribution >= 0.6 is 0 Å². The van der Waals surface area contributed by atoms with Crippen molar-refractivity contribution in [3.8, 4) is 0 Å². The normalized spacial score (nSPS) is 26.6. The molecule has 2 rings (SSSR count). The Morgan fingerprint density at radius 1 is 1.13 bits per heavy atom. The van der Waals surface area contributed by atoms with Gasteiger partial charge in [0.2, 0.25) is 0 Å². The van der Waals surface area contributed by atoms with Crippen LogP contribution in [0.2, 0.25) is 0 Å². The van der Waals surface area contributed by atoms with Crippen LogP contribution in [0, 0.1) is 0 Å². The van der Waals surface area contributed by atoms with Crippen LogP contribution in [-0.2, 0) is 0 Å². The van der Waals surface area contributed by atoms with Gasteiger partial charge < -0.3 is 10.6 Å². The Hall–Kier alpha value is -0.0800. The fourth-order valence-electron chi connectivity index (χ4n) is 3.26. The van der Waals surface area contributed by atoms with Gasteiger partial charge in [-0.05, 0) is 45.7 Å². The second-order valence-corrected chi connectivity index (χ2v) is 5.74. The smallest absolute Gasteiger partial charge is 0.0166 e. The molecule has 0 heterocycles. The molecule has 2 N–H and O–H groups in total. The van der Waals surface area contributed by atoms with E-state index in [1.165, 1.54) is 64.3 Å². The van der Waals surface area contributed by atoms with Gasteiger partial charge in [0, 0.05) is 11.6 Å². The predicted molar refractivity (Wildman–Crippen MR) is 64.9 cm³/mol. The lowest BCUT2D eigenvalue weighted by atomic mass is 9.94. The van der Waals surface area contributed by atoms with Crippen molar-refractivity contribution in [3.05, 3.63) is 0 Å². The third-order valence-corrected chi connectivity index (χ3v) is 4.51. The highest BCUT2D eigenvalue weighted by Crippen LogP contribution is 2.31. The molecule has 2 aliphatic rings. The van der Waals surface area contributed by atoms with Crippen molar-refractivity contribution in [2.75, 3.05) is 13.6 Å². The molecule has 0 aromatic heterocycles. The zero-order valence-corrected chi connectivity index (χ0v) is 10.2. The molecule has 88 valence electrons. The van der Waals surface area contributed by atoms with Gasteiger partial charge in [0.15, 0.2) is 0 Å². The number of rotatable bonds is 4. The zero-order chi connectivity index (χ0) is 10.7. The number of hydrogen-bond acceptors (Lipinski definition) is 2. The van der Waals surface area contributed by atoms with Gasteiger partial charge in [0.25, 0.3) is 0 Å². The maximum Gasteiger partial charge on any atom is 0.0166 e. The largest absolute Gasteiger partial charge is 0.325 e. The van der Waals surface area contributed by atoms with Crippen molar-refractivity contribution in [1.82, 2.24) is 4.90 Å². The lowest BCUT2D eigenvalue weighted by Gasteiger charge is -2.30. The summed E-state index contributed by atoms with van der Waals surface area (Å²) in [6.45, 7) is 1.21. The van der Waals surface area contributed by atoms with Crippen molar-refractivity contribution in [3.63, 3.8) is 0 Å². The molecule has 2 fully saturated rings. The molecule has 2 nitrogen and oxygen atoms in total. The molecule has 2 saturated carbocycles. The maximum atomic E-state index is 6.38. The highest BCUT2D eigenvalue weighted by Gasteiger charge is 2.30. The Balaban J connectivity index is 1.72. The molecule has 0 saturated heterocycles. The van der Waals surface area contributed by atoms with E-state index in [1.54, 1.807) is 0 Å². The highest BCUT2D eigenvalue weighted by molar-refractivity contribution is 4.90. The van der Waals surface area contributed by atoms with Crippen molar-refractivity contribution in [2.24, 2.45) is 5.73 Å². The minimum atomic E-state index is 0.187. The Morgan fingerprint density at radius 3 is 2.33 bits per heavy atom. The van der Waals surface area contributed by atoms with Gasteiger partial charge in [-0.15, -0.1) is 0 Å². The van der Waals surface area contributed by atoms with Crippen molar-refractivity contribution < 1.29 is 0 Å². The van der Waals surface area contributed by atoms with Crippen molar-refractivity contribution >= 4 is 0 Å². The fourth-order valence-corrected chi connectivity index (χ4v) is 3.26. The first-order chi connectivity index (χ1) is 7.20. The summed E-state index contributed by atoms with van der Waals surface area (Å²) >= 11 is 0. The molecule has 2 heteroatoms. The monoisotopic (exact) mass is 210 g/mol. The average Bonchev–Trinajstić information content (AvgIpc) is 2.85. The first kappa shape index (κ1) is 11.4. The van der Waals surface area contributed by atoms with Crippen molar-refractivity contribution in [2.45, 2.75) is 69.4 Å². The summed E-state index contributed by atoms with van der Waals surface area (Å²) in [5.41, 5.74) is 6.57. The quantitative estimate of drug-likeness (QED) is 0.772. The minimum Gasteiger partial charge on any atom is -0.325 e. The number of nitrogens with zero attached hydrogens (tertiary/aromatic N) is 1. The lowest BCUT2D eigenvalue weighted by molar-refractivity contribution is 0.217. The molecule has 0 bridgehead atoms. The predicted octanol–water partition coefficient (Wildman–Crippen LogP) is 2.52. The van der Waals surface area contributed by atoms with Crippen LogP contribution in [0.4, 0.5) is 0 Å². The van der Waals surface area contributed by atoms with Gasteiger partial charge >= 0.3 is 0 Å². The van der Waals surface area contributed by atoms with E-state index in [1.807, 2.05) is 0 Å². The van der Waals surface area contributed by atoms with Gasteiger partial charge in [-0.2, -0.15) is 0 Å². The summed E-state index contributed by atoms with van der Waals surface area (Å²) in [6, 6.07) is 0.856. The first-order valence-corrected chi connectivity index (χ1v) is 6.69. The van der Waals surface area contributed by atoms with Gasteiger partial charge in [-0.3, -0.25) is 0 Å². The molecule has 0 aromatic carbocycles. The Morgan fingerprint density at radius 2 is 1.73 bits per heavy atom. The molecule has 0 spiro atoms. The molecular weight excluding hydrogens is 184 g/mol. The van der Waals surface area contributed by atoms with Gasteiger partial charge in [0.1, 0.15) is 0 Å². The van der Waals surface area contributed by atoms with Crippen LogP contribution in [-0.4, -0.2) is 30.1 Å². The standard InChI is InChI=1S/C13H26N2/c1-15(12-6-2-3-7-12)11-10-13(14)8-4-5-9-13/h12H,2-11,14H2,1H3. The average molecular weight is 210 g/mol. The third kappa shape index (κ3) is 2.94. The summed E-state index contributed by atoms with van der Waals surface area (Å²) in [5.74, 6) is 0. The van der Waals surface area contributed by atoms with Crippen LogP contribution in [0.25, 0.3) is 0 Å². The van der Waals surface area contributed by atoms with Crippen LogP contribution in [0.3, 0.4) is 0 Å². The molecule has 15 heavy (non-hydrogen) atoms. The molecular formula is C13H26N2. The molecule has 0 atom stereocenters. The van der Waals surface area contributed by atoms with Crippen LogP contribution < -0.4 is 5.73 Å². The van der Waals surface area contributed by atoms with E-state index in [-0.39, 0.29) is 5.54 Å². The molecule has 0 unspecified atom stereocenters. The van der Waals surface area contributed by atoms with Crippen LogP contribution in [0.15, 0.2) is 0 Å². The SMILES string of the molecule is CN(CCC1(N)CCCC1)C1CCCC1. The van der Waals surface area contributed by atoms with E-state index in [2.05, 4.69) is 11.9 Å². The van der Waals surface area contributed by atoms with Gasteiger partial charge in [-0.1, -0.05) is 25.7 Å². The zero-order valence-electron chi connectivity index (χ0n) is 10.2. The first-order valence-electron chi connectivity index (χ1n) is 6.69. The summed E-state index contributed by atoms with van der Waals surface area (Å²) < 4.78 is 0. The fraction of sp³-hybridized carbons (Fsp3) is 1.00. The highest BCUT2D eigenvalue weighted by atomic mass is 15.1. The van der Waals surface area contributed by atoms with Crippen molar-refractivity contribution in [1.29, 1.82) is 0 Å². The van der Waals surface area contributed by atoms with E-state index in [9.17, 15) is 0 Å². The molecule has 0 amide bonds. The van der Waals surface area contributed by atoms with E-state index >= 15 is 0 Å². The molecule has 0 radical (unpaired) electrons. The van der Waals surface area contributed by atoms with Crippen LogP contribution in [0.5, 0.6) is 0 Å². The number of nitrogens with two attached hydrogens (primary N) is 1. The Labute approximate surface area is 94.2 Å². The summed E-state index contributed by atoms with van der Waals surface area (Å²) in [7, 11) is 2.29. The summed E-state index contributed by atoms with van der Waals surface area (Å²) in [4.78, 5) is 2.56. The summed E-state index contributed by atoms with van der Waals surface area (Å²) in [6.07, 6.45) is 12.1. The molecule has 0 aromatic rings. The number of hydrogen-bond donors (Lipinski definition) is 1. The van der Waals surface area contributed by atoms with E-state index in [4.69, 9.17) is 5.73 Å². The van der Waals surface area contributed by atoms with E-state index < -0.39 is 0 Å². The second kappa shape index (κ2) is 4.84. The van der Waals surface area contributed by atoms with Gasteiger partial charge in [0.05, 0.1) is 0 Å².